The first kappa shape index (κ1) is 15.4. The molecule has 0 saturated heterocycles. The van der Waals surface area contributed by atoms with Gasteiger partial charge in [-0.05, 0) is 30.7 Å². The Kier molecular flexibility index (Phi) is 4.67. The number of nitrogens with one attached hydrogen (secondary N) is 1. The SMILES string of the molecule is COC(=O)[C@H](C)c1ccc(Nc2ccc([N+](=O)[O-])cn2)cc1. The molecular weight excluding hydrogens is 286 g/mol. The van der Waals surface area contributed by atoms with Gasteiger partial charge in [-0.3, -0.25) is 14.9 Å². The highest BCUT2D eigenvalue weighted by Crippen LogP contribution is 2.21. The zero-order chi connectivity index (χ0) is 16.1. The molecule has 0 saturated carbocycles. The predicted octanol–water partition coefficient (Wildman–Crippen LogP) is 3.01. The van der Waals surface area contributed by atoms with E-state index in [-0.39, 0.29) is 17.6 Å². The lowest BCUT2D eigenvalue weighted by Crippen LogP contribution is -2.10. The maximum absolute atomic E-state index is 11.5. The first-order valence-corrected chi connectivity index (χ1v) is 6.56. The van der Waals surface area contributed by atoms with E-state index >= 15 is 0 Å². The minimum Gasteiger partial charge on any atom is -0.469 e. The molecule has 2 rings (SSSR count). The topological polar surface area (TPSA) is 94.4 Å². The van der Waals surface area contributed by atoms with Crippen LogP contribution in [-0.2, 0) is 9.53 Å². The average Bonchev–Trinajstić information content (AvgIpc) is 2.54. The Morgan fingerprint density at radius 2 is 1.95 bits per heavy atom. The minimum absolute atomic E-state index is 0.0622. The highest BCUT2D eigenvalue weighted by Gasteiger charge is 2.15. The number of hydrogen-bond donors (Lipinski definition) is 1. The van der Waals surface area contributed by atoms with E-state index in [0.717, 1.165) is 11.3 Å². The quantitative estimate of drug-likeness (QED) is 0.518. The molecule has 0 unspecified atom stereocenters. The van der Waals surface area contributed by atoms with Crippen LogP contribution < -0.4 is 5.32 Å². The van der Waals surface area contributed by atoms with E-state index in [1.807, 2.05) is 12.1 Å². The summed E-state index contributed by atoms with van der Waals surface area (Å²) >= 11 is 0. The van der Waals surface area contributed by atoms with E-state index < -0.39 is 4.92 Å². The van der Waals surface area contributed by atoms with Crippen LogP contribution in [0.2, 0.25) is 0 Å². The zero-order valence-electron chi connectivity index (χ0n) is 12.1. The second kappa shape index (κ2) is 6.66. The summed E-state index contributed by atoms with van der Waals surface area (Å²) in [4.78, 5) is 25.5. The number of esters is 1. The molecule has 1 aromatic carbocycles. The largest absolute Gasteiger partial charge is 0.469 e. The van der Waals surface area contributed by atoms with Gasteiger partial charge in [-0.1, -0.05) is 12.1 Å². The van der Waals surface area contributed by atoms with E-state index in [1.165, 1.54) is 25.4 Å². The van der Waals surface area contributed by atoms with Crippen molar-refractivity contribution < 1.29 is 14.5 Å². The Balaban J connectivity index is 2.08. The van der Waals surface area contributed by atoms with Gasteiger partial charge in [0.2, 0.25) is 0 Å². The smallest absolute Gasteiger partial charge is 0.312 e. The number of benzene rings is 1. The van der Waals surface area contributed by atoms with Gasteiger partial charge in [0.1, 0.15) is 12.0 Å². The molecule has 0 radical (unpaired) electrons. The number of carbonyl (C=O) groups is 1. The van der Waals surface area contributed by atoms with Crippen molar-refractivity contribution in [2.75, 3.05) is 12.4 Å². The lowest BCUT2D eigenvalue weighted by atomic mass is 10.0. The van der Waals surface area contributed by atoms with Gasteiger partial charge in [-0.2, -0.15) is 0 Å². The normalized spacial score (nSPS) is 11.5. The number of rotatable bonds is 5. The maximum Gasteiger partial charge on any atom is 0.312 e. The van der Waals surface area contributed by atoms with Gasteiger partial charge < -0.3 is 10.1 Å². The first-order chi connectivity index (χ1) is 10.5. The monoisotopic (exact) mass is 301 g/mol. The molecule has 1 N–H and O–H groups in total. The number of pyridine rings is 1. The highest BCUT2D eigenvalue weighted by atomic mass is 16.6. The van der Waals surface area contributed by atoms with Crippen LogP contribution in [0.4, 0.5) is 17.2 Å². The molecule has 1 heterocycles. The van der Waals surface area contributed by atoms with Crippen molar-refractivity contribution in [2.24, 2.45) is 0 Å². The summed E-state index contributed by atoms with van der Waals surface area (Å²) in [6, 6.07) is 10.1. The highest BCUT2D eigenvalue weighted by molar-refractivity contribution is 5.77. The second-order valence-corrected chi connectivity index (χ2v) is 4.65. The fourth-order valence-electron chi connectivity index (χ4n) is 1.88. The van der Waals surface area contributed by atoms with Gasteiger partial charge in [-0.15, -0.1) is 0 Å². The van der Waals surface area contributed by atoms with Crippen LogP contribution in [0, 0.1) is 10.1 Å². The van der Waals surface area contributed by atoms with Crippen molar-refractivity contribution in [1.29, 1.82) is 0 Å². The molecule has 7 heteroatoms. The van der Waals surface area contributed by atoms with E-state index in [1.54, 1.807) is 19.1 Å². The number of aromatic nitrogens is 1. The Morgan fingerprint density at radius 1 is 1.27 bits per heavy atom. The molecule has 22 heavy (non-hydrogen) atoms. The van der Waals surface area contributed by atoms with Crippen LogP contribution in [0.15, 0.2) is 42.6 Å². The van der Waals surface area contributed by atoms with Crippen molar-refractivity contribution in [3.05, 3.63) is 58.3 Å². The summed E-state index contributed by atoms with van der Waals surface area (Å²) in [5.41, 5.74) is 1.55. The molecule has 0 amide bonds. The second-order valence-electron chi connectivity index (χ2n) is 4.65. The van der Waals surface area contributed by atoms with Crippen LogP contribution in [0.5, 0.6) is 0 Å². The van der Waals surface area contributed by atoms with E-state index in [4.69, 9.17) is 4.74 Å². The zero-order valence-corrected chi connectivity index (χ0v) is 12.1. The minimum atomic E-state index is -0.500. The number of ether oxygens (including phenoxy) is 1. The third-order valence-corrected chi connectivity index (χ3v) is 3.20. The predicted molar refractivity (Wildman–Crippen MR) is 81.0 cm³/mol. The van der Waals surface area contributed by atoms with Crippen molar-refractivity contribution in [1.82, 2.24) is 4.98 Å². The van der Waals surface area contributed by atoms with Gasteiger partial charge in [0.15, 0.2) is 0 Å². The summed E-state index contributed by atoms with van der Waals surface area (Å²) in [5.74, 6) is -0.131. The third kappa shape index (κ3) is 3.57. The molecule has 0 spiro atoms. The molecule has 114 valence electrons. The average molecular weight is 301 g/mol. The lowest BCUT2D eigenvalue weighted by molar-refractivity contribution is -0.385. The van der Waals surface area contributed by atoms with Crippen molar-refractivity contribution >= 4 is 23.2 Å². The maximum atomic E-state index is 11.5. The van der Waals surface area contributed by atoms with Crippen LogP contribution in [0.25, 0.3) is 0 Å². The molecule has 0 bridgehead atoms. The fraction of sp³-hybridized carbons (Fsp3) is 0.200. The van der Waals surface area contributed by atoms with Crippen molar-refractivity contribution in [3.63, 3.8) is 0 Å². The molecule has 0 aliphatic carbocycles. The van der Waals surface area contributed by atoms with Gasteiger partial charge in [0.05, 0.1) is 18.0 Å². The van der Waals surface area contributed by atoms with E-state index in [9.17, 15) is 14.9 Å². The summed E-state index contributed by atoms with van der Waals surface area (Å²) < 4.78 is 4.70. The molecular formula is C15H15N3O4. The van der Waals surface area contributed by atoms with Crippen LogP contribution >= 0.6 is 0 Å². The molecule has 2 aromatic rings. The van der Waals surface area contributed by atoms with Gasteiger partial charge in [0, 0.05) is 11.8 Å². The first-order valence-electron chi connectivity index (χ1n) is 6.56. The summed E-state index contributed by atoms with van der Waals surface area (Å²) in [5, 5.41) is 13.6. The van der Waals surface area contributed by atoms with Crippen LogP contribution in [-0.4, -0.2) is 23.0 Å². The number of nitrogens with zero attached hydrogens (tertiary/aromatic N) is 2. The van der Waals surface area contributed by atoms with Gasteiger partial charge in [0.25, 0.3) is 5.69 Å². The van der Waals surface area contributed by atoms with Crippen molar-refractivity contribution in [2.45, 2.75) is 12.8 Å². The van der Waals surface area contributed by atoms with Crippen molar-refractivity contribution in [3.8, 4) is 0 Å². The number of methoxy groups -OCH3 is 1. The summed E-state index contributed by atoms with van der Waals surface area (Å²) in [6.07, 6.45) is 1.19. The number of nitro groups is 1. The van der Waals surface area contributed by atoms with E-state index in [2.05, 4.69) is 10.3 Å². The number of hydrogen-bond acceptors (Lipinski definition) is 6. The number of carbonyl (C=O) groups excluding carboxylic acids is 1. The Morgan fingerprint density at radius 3 is 2.45 bits per heavy atom. The molecule has 1 atom stereocenters. The fourth-order valence-corrected chi connectivity index (χ4v) is 1.88. The standard InChI is InChI=1S/C15H15N3O4/c1-10(15(19)22-2)11-3-5-12(6-4-11)17-14-8-7-13(9-16-14)18(20)21/h3-10H,1-2H3,(H,16,17)/t10-/m1/s1. The molecule has 0 aliphatic heterocycles. The van der Waals surface area contributed by atoms with Gasteiger partial charge >= 0.3 is 5.97 Å². The summed E-state index contributed by atoms with van der Waals surface area (Å²) in [6.45, 7) is 1.77. The van der Waals surface area contributed by atoms with Crippen LogP contribution in [0.3, 0.4) is 0 Å². The Hall–Kier alpha value is -2.96. The van der Waals surface area contributed by atoms with Gasteiger partial charge in [-0.25, -0.2) is 4.98 Å². The molecule has 0 fully saturated rings. The molecule has 1 aromatic heterocycles. The summed E-state index contributed by atoms with van der Waals surface area (Å²) in [7, 11) is 1.36. The molecule has 0 aliphatic rings. The Labute approximate surface area is 127 Å². The third-order valence-electron chi connectivity index (χ3n) is 3.20. The van der Waals surface area contributed by atoms with E-state index in [0.29, 0.717) is 5.82 Å². The van der Waals surface area contributed by atoms with Crippen LogP contribution in [0.1, 0.15) is 18.4 Å². The lowest BCUT2D eigenvalue weighted by Gasteiger charge is -2.11. The molecule has 7 nitrogen and oxygen atoms in total. The number of anilines is 2. The Bertz CT molecular complexity index is 668.